The molecule has 0 spiro atoms. The van der Waals surface area contributed by atoms with Crippen molar-refractivity contribution in [1.29, 1.82) is 0 Å². The minimum Gasteiger partial charge on any atom is -0.459 e. The lowest BCUT2D eigenvalue weighted by atomic mass is 10.2. The molecule has 4 aromatic rings. The number of benzene rings is 2. The maximum atomic E-state index is 13.5. The zero-order valence-corrected chi connectivity index (χ0v) is 13.7. The fraction of sp³-hybridized carbons (Fsp3) is 0. The van der Waals surface area contributed by atoms with Gasteiger partial charge in [0.25, 0.3) is 5.91 Å². The van der Waals surface area contributed by atoms with E-state index < -0.39 is 17.5 Å². The van der Waals surface area contributed by atoms with Crippen LogP contribution in [0.4, 0.5) is 14.5 Å². The summed E-state index contributed by atoms with van der Waals surface area (Å²) in [5.74, 6) is -2.32. The highest BCUT2D eigenvalue weighted by Crippen LogP contribution is 2.32. The number of nitrogens with zero attached hydrogens (tertiary/aromatic N) is 1. The summed E-state index contributed by atoms with van der Waals surface area (Å²) in [5.41, 5.74) is 1.41. The van der Waals surface area contributed by atoms with Crippen molar-refractivity contribution in [1.82, 2.24) is 4.98 Å². The van der Waals surface area contributed by atoms with Crippen LogP contribution in [0.25, 0.3) is 22.6 Å². The molecule has 5 nitrogen and oxygen atoms in total. The molecule has 4 rings (SSSR count). The van der Waals surface area contributed by atoms with Crippen molar-refractivity contribution in [2.24, 2.45) is 0 Å². The largest absolute Gasteiger partial charge is 0.459 e. The van der Waals surface area contributed by atoms with Crippen LogP contribution < -0.4 is 5.32 Å². The van der Waals surface area contributed by atoms with Crippen molar-refractivity contribution in [3.8, 4) is 11.5 Å². The molecule has 0 saturated carbocycles. The van der Waals surface area contributed by atoms with Gasteiger partial charge >= 0.3 is 0 Å². The summed E-state index contributed by atoms with van der Waals surface area (Å²) in [7, 11) is 0. The molecule has 2 aromatic heterocycles. The predicted molar refractivity (Wildman–Crippen MR) is 91.0 cm³/mol. The maximum Gasteiger partial charge on any atom is 0.291 e. The van der Waals surface area contributed by atoms with Gasteiger partial charge < -0.3 is 14.2 Å². The molecule has 26 heavy (non-hydrogen) atoms. The third-order valence-electron chi connectivity index (χ3n) is 3.63. The molecule has 0 aliphatic rings. The number of nitrogens with one attached hydrogen (secondary N) is 1. The molecular weight excluding hydrogens is 366 g/mol. The van der Waals surface area contributed by atoms with E-state index in [4.69, 9.17) is 20.4 Å². The van der Waals surface area contributed by atoms with E-state index in [-0.39, 0.29) is 22.2 Å². The molecule has 0 atom stereocenters. The zero-order valence-electron chi connectivity index (χ0n) is 12.9. The monoisotopic (exact) mass is 374 g/mol. The van der Waals surface area contributed by atoms with Crippen molar-refractivity contribution in [2.75, 3.05) is 5.32 Å². The van der Waals surface area contributed by atoms with Gasteiger partial charge in [0.1, 0.15) is 5.52 Å². The molecule has 2 heterocycles. The molecule has 1 amide bonds. The smallest absolute Gasteiger partial charge is 0.291 e. The number of carbonyl (C=O) groups excluding carboxylic acids is 1. The van der Waals surface area contributed by atoms with Crippen LogP contribution in [0.15, 0.2) is 57.6 Å². The molecule has 0 aliphatic heterocycles. The van der Waals surface area contributed by atoms with Gasteiger partial charge in [0, 0.05) is 5.69 Å². The molecule has 1 N–H and O–H groups in total. The Morgan fingerprint density at radius 1 is 1.12 bits per heavy atom. The average Bonchev–Trinajstić information content (AvgIpc) is 3.27. The number of amides is 1. The van der Waals surface area contributed by atoms with Crippen molar-refractivity contribution in [3.05, 3.63) is 71.1 Å². The Hall–Kier alpha value is -3.19. The predicted octanol–water partition coefficient (Wildman–Crippen LogP) is 5.27. The highest BCUT2D eigenvalue weighted by Gasteiger charge is 2.16. The SMILES string of the molecule is O=C(Nc1ccc2oc(-c3cc(F)c(F)cc3Cl)nc2c1)c1ccco1. The summed E-state index contributed by atoms with van der Waals surface area (Å²) in [6.45, 7) is 0. The summed E-state index contributed by atoms with van der Waals surface area (Å²) in [6.07, 6.45) is 1.40. The quantitative estimate of drug-likeness (QED) is 0.496. The van der Waals surface area contributed by atoms with E-state index in [0.29, 0.717) is 16.8 Å². The first kappa shape index (κ1) is 16.3. The normalized spacial score (nSPS) is 11.0. The van der Waals surface area contributed by atoms with Gasteiger partial charge in [-0.2, -0.15) is 0 Å². The van der Waals surface area contributed by atoms with E-state index in [1.54, 1.807) is 24.3 Å². The molecule has 0 fully saturated rings. The first-order valence-electron chi connectivity index (χ1n) is 7.41. The molecule has 2 aromatic carbocycles. The third-order valence-corrected chi connectivity index (χ3v) is 3.94. The van der Waals surface area contributed by atoms with Crippen LogP contribution in [-0.2, 0) is 0 Å². The molecule has 0 saturated heterocycles. The number of furan rings is 1. The summed E-state index contributed by atoms with van der Waals surface area (Å²) >= 11 is 5.95. The number of rotatable bonds is 3. The summed E-state index contributed by atoms with van der Waals surface area (Å²) in [4.78, 5) is 16.2. The lowest BCUT2D eigenvalue weighted by molar-refractivity contribution is 0.0996. The van der Waals surface area contributed by atoms with E-state index >= 15 is 0 Å². The van der Waals surface area contributed by atoms with Crippen LogP contribution in [0.1, 0.15) is 10.6 Å². The molecule has 8 heteroatoms. The number of hydrogen-bond acceptors (Lipinski definition) is 4. The minimum absolute atomic E-state index is 0.0261. The molecule has 130 valence electrons. The molecular formula is C18H9ClF2N2O3. The van der Waals surface area contributed by atoms with Gasteiger partial charge in [-0.05, 0) is 42.5 Å². The third kappa shape index (κ3) is 2.93. The topological polar surface area (TPSA) is 68.3 Å². The van der Waals surface area contributed by atoms with Gasteiger partial charge in [-0.1, -0.05) is 11.6 Å². The van der Waals surface area contributed by atoms with E-state index in [1.165, 1.54) is 12.3 Å². The van der Waals surface area contributed by atoms with Crippen molar-refractivity contribution < 1.29 is 22.4 Å². The maximum absolute atomic E-state index is 13.5. The van der Waals surface area contributed by atoms with Gasteiger partial charge in [0.2, 0.25) is 5.89 Å². The lowest BCUT2D eigenvalue weighted by Crippen LogP contribution is -2.10. The van der Waals surface area contributed by atoms with Crippen LogP contribution in [0.2, 0.25) is 5.02 Å². The van der Waals surface area contributed by atoms with Crippen molar-refractivity contribution >= 4 is 34.3 Å². The molecule has 0 bridgehead atoms. The van der Waals surface area contributed by atoms with Gasteiger partial charge in [-0.15, -0.1) is 0 Å². The number of hydrogen-bond donors (Lipinski definition) is 1. The Labute approximate surface area is 150 Å². The second-order valence-electron chi connectivity index (χ2n) is 5.38. The Morgan fingerprint density at radius 3 is 2.69 bits per heavy atom. The number of aromatic nitrogens is 1. The lowest BCUT2D eigenvalue weighted by Gasteiger charge is -2.01. The van der Waals surface area contributed by atoms with Crippen LogP contribution in [0.5, 0.6) is 0 Å². The van der Waals surface area contributed by atoms with Crippen molar-refractivity contribution in [2.45, 2.75) is 0 Å². The van der Waals surface area contributed by atoms with Gasteiger partial charge in [0.05, 0.1) is 16.8 Å². The highest BCUT2D eigenvalue weighted by atomic mass is 35.5. The van der Waals surface area contributed by atoms with Crippen LogP contribution in [0.3, 0.4) is 0 Å². The Kier molecular flexibility index (Phi) is 3.93. The average molecular weight is 375 g/mol. The number of halogens is 3. The Bertz CT molecular complexity index is 1120. The van der Waals surface area contributed by atoms with E-state index in [2.05, 4.69) is 10.3 Å². The standard InChI is InChI=1S/C18H9ClF2N2O3/c19-11-8-13(21)12(20)7-10(11)18-23-14-6-9(3-4-15(14)26-18)22-17(24)16-2-1-5-25-16/h1-8H,(H,22,24). The Morgan fingerprint density at radius 2 is 1.92 bits per heavy atom. The minimum atomic E-state index is -1.06. The highest BCUT2D eigenvalue weighted by molar-refractivity contribution is 6.33. The van der Waals surface area contributed by atoms with E-state index in [0.717, 1.165) is 12.1 Å². The van der Waals surface area contributed by atoms with E-state index in [1.807, 2.05) is 0 Å². The molecule has 0 radical (unpaired) electrons. The summed E-state index contributed by atoms with van der Waals surface area (Å²) in [5, 5.41) is 2.64. The second-order valence-corrected chi connectivity index (χ2v) is 5.79. The van der Waals surface area contributed by atoms with Crippen LogP contribution in [0, 0.1) is 11.6 Å². The Balaban J connectivity index is 1.68. The zero-order chi connectivity index (χ0) is 18.3. The number of carbonyl (C=O) groups is 1. The van der Waals surface area contributed by atoms with Gasteiger partial charge in [-0.25, -0.2) is 13.8 Å². The summed E-state index contributed by atoms with van der Waals surface area (Å²) < 4.78 is 37.3. The number of anilines is 1. The van der Waals surface area contributed by atoms with Crippen LogP contribution >= 0.6 is 11.6 Å². The summed E-state index contributed by atoms with van der Waals surface area (Å²) in [6, 6.07) is 9.71. The first-order chi connectivity index (χ1) is 12.5. The van der Waals surface area contributed by atoms with Crippen molar-refractivity contribution in [3.63, 3.8) is 0 Å². The number of fused-ring (bicyclic) bond motifs is 1. The second kappa shape index (κ2) is 6.27. The fourth-order valence-electron chi connectivity index (χ4n) is 2.41. The first-order valence-corrected chi connectivity index (χ1v) is 7.79. The van der Waals surface area contributed by atoms with Gasteiger partial charge in [0.15, 0.2) is 23.0 Å². The number of oxazole rings is 1. The molecule has 0 unspecified atom stereocenters. The van der Waals surface area contributed by atoms with Crippen LogP contribution in [-0.4, -0.2) is 10.9 Å². The fourth-order valence-corrected chi connectivity index (χ4v) is 2.64. The van der Waals surface area contributed by atoms with E-state index in [9.17, 15) is 13.6 Å². The van der Waals surface area contributed by atoms with Gasteiger partial charge in [-0.3, -0.25) is 4.79 Å². The molecule has 0 aliphatic carbocycles.